The molecule has 0 spiro atoms. The molecule has 1 rings (SSSR count). The first-order valence-corrected chi connectivity index (χ1v) is 6.44. The van der Waals surface area contributed by atoms with Gasteiger partial charge in [0.05, 0.1) is 12.5 Å². The molecule has 6 heteroatoms. The highest BCUT2D eigenvalue weighted by Gasteiger charge is 2.27. The highest BCUT2D eigenvalue weighted by molar-refractivity contribution is 8.00. The summed E-state index contributed by atoms with van der Waals surface area (Å²) < 4.78 is 41.0. The summed E-state index contributed by atoms with van der Waals surface area (Å²) in [5.74, 6) is 0.744. The Labute approximate surface area is 107 Å². The third kappa shape index (κ3) is 5.08. The minimum absolute atomic E-state index is 0.0128. The summed E-state index contributed by atoms with van der Waals surface area (Å²) in [4.78, 5) is 0. The molecule has 0 fully saturated rings. The number of benzene rings is 1. The highest BCUT2D eigenvalue weighted by Crippen LogP contribution is 2.30. The van der Waals surface area contributed by atoms with Crippen LogP contribution in [-0.2, 0) is 5.88 Å². The van der Waals surface area contributed by atoms with Gasteiger partial charge in [0.25, 0.3) is 0 Å². The van der Waals surface area contributed by atoms with Gasteiger partial charge in [-0.2, -0.15) is 13.2 Å². The standard InChI is InChI=1S/C11H12ClF3OS/c1-8-3-2-4-9(7-12)10(8)16-5-6-17-11(13,14)15/h2-4H,5-7H2,1H3. The van der Waals surface area contributed by atoms with Gasteiger partial charge in [-0.1, -0.05) is 18.2 Å². The van der Waals surface area contributed by atoms with E-state index in [-0.39, 0.29) is 30.0 Å². The summed E-state index contributed by atoms with van der Waals surface area (Å²) in [6.07, 6.45) is 0. The van der Waals surface area contributed by atoms with Crippen LogP contribution in [0.1, 0.15) is 11.1 Å². The first kappa shape index (κ1) is 14.5. The molecule has 0 aliphatic carbocycles. The van der Waals surface area contributed by atoms with Gasteiger partial charge in [-0.05, 0) is 24.2 Å². The van der Waals surface area contributed by atoms with E-state index in [9.17, 15) is 13.2 Å². The summed E-state index contributed by atoms with van der Waals surface area (Å²) >= 11 is 5.64. The number of alkyl halides is 4. The van der Waals surface area contributed by atoms with Crippen LogP contribution in [0.15, 0.2) is 18.2 Å². The molecule has 1 aromatic rings. The van der Waals surface area contributed by atoms with Crippen LogP contribution >= 0.6 is 23.4 Å². The van der Waals surface area contributed by atoms with E-state index in [1.165, 1.54) is 0 Å². The molecule has 0 aromatic heterocycles. The van der Waals surface area contributed by atoms with Crippen molar-refractivity contribution in [3.63, 3.8) is 0 Å². The smallest absolute Gasteiger partial charge is 0.441 e. The largest absolute Gasteiger partial charge is 0.492 e. The van der Waals surface area contributed by atoms with Gasteiger partial charge in [-0.3, -0.25) is 0 Å². The molecule has 0 amide bonds. The Bertz CT molecular complexity index is 368. The second kappa shape index (κ2) is 6.40. The summed E-state index contributed by atoms with van der Waals surface area (Å²) in [6.45, 7) is 1.85. The number of hydrogen-bond acceptors (Lipinski definition) is 2. The molecule has 17 heavy (non-hydrogen) atoms. The van der Waals surface area contributed by atoms with Gasteiger partial charge in [0.2, 0.25) is 0 Å². The van der Waals surface area contributed by atoms with Crippen LogP contribution in [-0.4, -0.2) is 17.9 Å². The zero-order valence-corrected chi connectivity index (χ0v) is 10.8. The second-order valence-electron chi connectivity index (χ2n) is 3.34. The van der Waals surface area contributed by atoms with Gasteiger partial charge in [0.1, 0.15) is 5.75 Å². The Kier molecular flexibility index (Phi) is 5.46. The number of para-hydroxylation sites is 1. The van der Waals surface area contributed by atoms with E-state index in [0.717, 1.165) is 11.1 Å². The molecule has 96 valence electrons. The van der Waals surface area contributed by atoms with Crippen LogP contribution < -0.4 is 4.74 Å². The lowest BCUT2D eigenvalue weighted by molar-refractivity contribution is -0.0329. The fourth-order valence-electron chi connectivity index (χ4n) is 1.33. The number of halogens is 4. The second-order valence-corrected chi connectivity index (χ2v) is 4.77. The molecule has 0 aliphatic rings. The van der Waals surface area contributed by atoms with Crippen molar-refractivity contribution < 1.29 is 17.9 Å². The van der Waals surface area contributed by atoms with E-state index in [1.54, 1.807) is 6.07 Å². The number of rotatable bonds is 5. The van der Waals surface area contributed by atoms with Gasteiger partial charge in [-0.15, -0.1) is 11.6 Å². The summed E-state index contributed by atoms with van der Waals surface area (Å²) in [6, 6.07) is 5.47. The van der Waals surface area contributed by atoms with Crippen molar-refractivity contribution >= 4 is 23.4 Å². The van der Waals surface area contributed by atoms with Gasteiger partial charge in [0.15, 0.2) is 0 Å². The van der Waals surface area contributed by atoms with Crippen molar-refractivity contribution in [1.82, 2.24) is 0 Å². The molecule has 0 saturated carbocycles. The Balaban J connectivity index is 2.52. The predicted molar refractivity (Wildman–Crippen MR) is 64.7 cm³/mol. The monoisotopic (exact) mass is 284 g/mol. The maximum atomic E-state index is 11.9. The molecule has 0 unspecified atom stereocenters. The van der Waals surface area contributed by atoms with Gasteiger partial charge >= 0.3 is 5.51 Å². The third-order valence-corrected chi connectivity index (χ3v) is 3.02. The van der Waals surface area contributed by atoms with Crippen molar-refractivity contribution in [3.05, 3.63) is 29.3 Å². The van der Waals surface area contributed by atoms with Crippen LogP contribution in [0.3, 0.4) is 0 Å². The highest BCUT2D eigenvalue weighted by atomic mass is 35.5. The maximum Gasteiger partial charge on any atom is 0.441 e. The summed E-state index contributed by atoms with van der Waals surface area (Å²) in [5.41, 5.74) is -2.53. The van der Waals surface area contributed by atoms with Gasteiger partial charge in [-0.25, -0.2) is 0 Å². The van der Waals surface area contributed by atoms with Gasteiger partial charge in [0, 0.05) is 11.3 Å². The van der Waals surface area contributed by atoms with Gasteiger partial charge < -0.3 is 4.74 Å². The minimum Gasteiger partial charge on any atom is -0.492 e. The van der Waals surface area contributed by atoms with E-state index >= 15 is 0 Å². The Morgan fingerprint density at radius 2 is 2.06 bits per heavy atom. The molecular weight excluding hydrogens is 273 g/mol. The Hall–Kier alpha value is -0.550. The fourth-order valence-corrected chi connectivity index (χ4v) is 1.93. The molecule has 0 atom stereocenters. The zero-order valence-electron chi connectivity index (χ0n) is 9.18. The average Bonchev–Trinajstić information content (AvgIpc) is 2.24. The number of thioether (sulfide) groups is 1. The quantitative estimate of drug-likeness (QED) is 0.587. The summed E-state index contributed by atoms with van der Waals surface area (Å²) in [5, 5.41) is 0. The maximum absolute atomic E-state index is 11.9. The van der Waals surface area contributed by atoms with E-state index in [4.69, 9.17) is 16.3 Å². The van der Waals surface area contributed by atoms with Crippen LogP contribution in [0.2, 0.25) is 0 Å². The predicted octanol–water partition coefficient (Wildman–Crippen LogP) is 4.37. The lowest BCUT2D eigenvalue weighted by Crippen LogP contribution is -2.08. The van der Waals surface area contributed by atoms with Crippen LogP contribution in [0.25, 0.3) is 0 Å². The molecule has 0 bridgehead atoms. The normalized spacial score (nSPS) is 11.6. The SMILES string of the molecule is Cc1cccc(CCl)c1OCCSC(F)(F)F. The van der Waals surface area contributed by atoms with E-state index in [1.807, 2.05) is 19.1 Å². The first-order valence-electron chi connectivity index (χ1n) is 4.92. The van der Waals surface area contributed by atoms with E-state index < -0.39 is 5.51 Å². The Morgan fingerprint density at radius 1 is 1.35 bits per heavy atom. The van der Waals surface area contributed by atoms with Crippen molar-refractivity contribution in [1.29, 1.82) is 0 Å². The average molecular weight is 285 g/mol. The first-order chi connectivity index (χ1) is 7.94. The third-order valence-electron chi connectivity index (χ3n) is 2.03. The van der Waals surface area contributed by atoms with Crippen LogP contribution in [0.4, 0.5) is 13.2 Å². The molecule has 1 nitrogen and oxygen atoms in total. The molecule has 0 aliphatic heterocycles. The topological polar surface area (TPSA) is 9.23 Å². The number of aryl methyl sites for hydroxylation is 1. The molecular formula is C11H12ClF3OS. The fraction of sp³-hybridized carbons (Fsp3) is 0.455. The molecule has 1 aromatic carbocycles. The van der Waals surface area contributed by atoms with E-state index in [2.05, 4.69) is 0 Å². The molecule has 0 radical (unpaired) electrons. The Morgan fingerprint density at radius 3 is 2.65 bits per heavy atom. The lowest BCUT2D eigenvalue weighted by atomic mass is 10.1. The minimum atomic E-state index is -4.20. The summed E-state index contributed by atoms with van der Waals surface area (Å²) in [7, 11) is 0. The van der Waals surface area contributed by atoms with Crippen molar-refractivity contribution in [2.24, 2.45) is 0 Å². The van der Waals surface area contributed by atoms with Crippen LogP contribution in [0, 0.1) is 6.92 Å². The molecule has 0 N–H and O–H groups in total. The molecule has 0 saturated heterocycles. The van der Waals surface area contributed by atoms with E-state index in [0.29, 0.717) is 5.75 Å². The molecule has 0 heterocycles. The van der Waals surface area contributed by atoms with Crippen molar-refractivity contribution in [2.45, 2.75) is 18.3 Å². The number of hydrogen-bond donors (Lipinski definition) is 0. The van der Waals surface area contributed by atoms with Crippen molar-refractivity contribution in [3.8, 4) is 5.75 Å². The zero-order chi connectivity index (χ0) is 12.9. The van der Waals surface area contributed by atoms with Crippen LogP contribution in [0.5, 0.6) is 5.75 Å². The lowest BCUT2D eigenvalue weighted by Gasteiger charge is -2.13. The number of ether oxygens (including phenoxy) is 1. The van der Waals surface area contributed by atoms with Crippen molar-refractivity contribution in [2.75, 3.05) is 12.4 Å².